The van der Waals surface area contributed by atoms with Crippen LogP contribution in [0.1, 0.15) is 65.1 Å². The Hall–Kier alpha value is -3.87. The molecule has 2 unspecified atom stereocenters. The SMILES string of the molecule is Cc1cc2c(cc1-c1ccccc1)-c1ccc(CC(C)C(C)c3ccccc3)[c]([Zr+2]([C]3=CC=CC3)=[C](Cc3ccccc3)Cc3ccccc3)c1C2.[Cl-].[Cl-]. The first kappa shape index (κ1) is 39.8. The van der Waals surface area contributed by atoms with Crippen molar-refractivity contribution in [3.05, 3.63) is 206 Å². The van der Waals surface area contributed by atoms with Crippen molar-refractivity contribution in [1.29, 1.82) is 0 Å². The molecule has 54 heavy (non-hydrogen) atoms. The summed E-state index contributed by atoms with van der Waals surface area (Å²) >= 11 is -2.71. The van der Waals surface area contributed by atoms with Crippen LogP contribution in [0, 0.1) is 12.8 Å². The first-order valence-corrected chi connectivity index (χ1v) is 22.8. The van der Waals surface area contributed by atoms with Gasteiger partial charge in [0.15, 0.2) is 0 Å². The number of rotatable bonds is 11. The van der Waals surface area contributed by atoms with E-state index in [4.69, 9.17) is 0 Å². The number of allylic oxidation sites excluding steroid dienone is 4. The van der Waals surface area contributed by atoms with E-state index in [-0.39, 0.29) is 24.8 Å². The third-order valence-electron chi connectivity index (χ3n) is 11.5. The fraction of sp³-hybridized carbons (Fsp3) is 0.196. The number of hydrogen-bond donors (Lipinski definition) is 0. The van der Waals surface area contributed by atoms with Crippen LogP contribution in [-0.4, -0.2) is 3.21 Å². The second kappa shape index (κ2) is 18.2. The zero-order valence-corrected chi connectivity index (χ0v) is 35.5. The Bertz CT molecular complexity index is 2240. The van der Waals surface area contributed by atoms with Crippen molar-refractivity contribution in [2.24, 2.45) is 5.92 Å². The fourth-order valence-corrected chi connectivity index (χ4v) is 17.2. The molecule has 0 saturated heterocycles. The Balaban J connectivity index is 0.00000249. The van der Waals surface area contributed by atoms with Crippen LogP contribution in [0.4, 0.5) is 0 Å². The van der Waals surface area contributed by atoms with E-state index in [2.05, 4.69) is 185 Å². The summed E-state index contributed by atoms with van der Waals surface area (Å²) < 4.78 is 5.27. The van der Waals surface area contributed by atoms with Gasteiger partial charge in [0.2, 0.25) is 0 Å². The molecule has 2 aliphatic carbocycles. The van der Waals surface area contributed by atoms with E-state index in [9.17, 15) is 0 Å². The van der Waals surface area contributed by atoms with Crippen LogP contribution < -0.4 is 28.1 Å². The fourth-order valence-electron chi connectivity index (χ4n) is 8.63. The zero-order chi connectivity index (χ0) is 35.4. The molecule has 6 aromatic rings. The van der Waals surface area contributed by atoms with Crippen molar-refractivity contribution in [1.82, 2.24) is 0 Å². The zero-order valence-electron chi connectivity index (χ0n) is 31.5. The van der Waals surface area contributed by atoms with Crippen LogP contribution >= 0.6 is 0 Å². The van der Waals surface area contributed by atoms with Crippen LogP contribution in [0.5, 0.6) is 0 Å². The van der Waals surface area contributed by atoms with E-state index in [1.807, 2.05) is 0 Å². The van der Waals surface area contributed by atoms with Gasteiger partial charge in [0.1, 0.15) is 0 Å². The van der Waals surface area contributed by atoms with Crippen molar-refractivity contribution < 1.29 is 46.1 Å². The van der Waals surface area contributed by atoms with Crippen molar-refractivity contribution >= 4 is 6.48 Å². The number of aryl methyl sites for hydroxylation is 1. The Morgan fingerprint density at radius 2 is 1.24 bits per heavy atom. The molecular formula is C51H48Cl2Zr. The first-order valence-electron chi connectivity index (χ1n) is 19.1. The van der Waals surface area contributed by atoms with E-state index in [0.29, 0.717) is 11.8 Å². The normalized spacial score (nSPS) is 13.3. The largest absolute Gasteiger partial charge is 1.00 e. The van der Waals surface area contributed by atoms with E-state index in [1.54, 1.807) is 20.9 Å². The molecule has 0 heterocycles. The van der Waals surface area contributed by atoms with Gasteiger partial charge in [-0.15, -0.1) is 0 Å². The number of hydrogen-bond acceptors (Lipinski definition) is 0. The summed E-state index contributed by atoms with van der Waals surface area (Å²) in [5.74, 6) is 0.994. The summed E-state index contributed by atoms with van der Waals surface area (Å²) in [6.07, 6.45) is 12.6. The molecule has 6 aromatic carbocycles. The standard InChI is InChI=1S/C31H29.C15H14.C5H5.2ClH.Zr/c1-21(23(3)25-10-6-4-7-11-25)16-24-14-15-29-28(18-24)19-27-17-22(2)30(20-31(27)29)26-12-8-5-9-13-26;1-3-8-14(9-4-1)12-7-13-15-10-5-2-6-11-15;1-2-4-5-3-1;;;/h4-15,17,20-21,23H,16,19H2,1-3H3;1-6,8-11H,12-13H2;1-3H,4H2;2*1H;/q;;;;;+2/p-2. The molecule has 0 fully saturated rings. The van der Waals surface area contributed by atoms with Gasteiger partial charge in [-0.1, -0.05) is 0 Å². The Labute approximate surface area is 343 Å². The number of fused-ring (bicyclic) bond motifs is 3. The van der Waals surface area contributed by atoms with E-state index >= 15 is 0 Å². The second-order valence-electron chi connectivity index (χ2n) is 15.0. The summed E-state index contributed by atoms with van der Waals surface area (Å²) in [5.41, 5.74) is 16.0. The molecule has 0 nitrogen and oxygen atoms in total. The predicted octanol–water partition coefficient (Wildman–Crippen LogP) is 5.97. The maximum atomic E-state index is 2.56. The van der Waals surface area contributed by atoms with Crippen LogP contribution in [0.25, 0.3) is 22.3 Å². The predicted molar refractivity (Wildman–Crippen MR) is 219 cm³/mol. The number of benzene rings is 6. The molecule has 0 spiro atoms. The average molecular weight is 823 g/mol. The van der Waals surface area contributed by atoms with Crippen molar-refractivity contribution in [3.8, 4) is 22.3 Å². The molecule has 0 bridgehead atoms. The van der Waals surface area contributed by atoms with Gasteiger partial charge >= 0.3 is 321 Å². The van der Waals surface area contributed by atoms with Crippen LogP contribution in [-0.2, 0) is 47.0 Å². The van der Waals surface area contributed by atoms with Gasteiger partial charge in [-0.25, -0.2) is 0 Å². The molecule has 270 valence electrons. The third kappa shape index (κ3) is 8.50. The van der Waals surface area contributed by atoms with Gasteiger partial charge in [0.05, 0.1) is 0 Å². The molecule has 0 amide bonds. The van der Waals surface area contributed by atoms with E-state index in [0.717, 1.165) is 32.1 Å². The van der Waals surface area contributed by atoms with Gasteiger partial charge in [0.25, 0.3) is 0 Å². The van der Waals surface area contributed by atoms with Gasteiger partial charge in [-0.2, -0.15) is 0 Å². The Morgan fingerprint density at radius 3 is 1.83 bits per heavy atom. The van der Waals surface area contributed by atoms with Gasteiger partial charge in [-0.05, 0) is 0 Å². The molecule has 3 heteroatoms. The van der Waals surface area contributed by atoms with E-state index < -0.39 is 21.3 Å². The van der Waals surface area contributed by atoms with Gasteiger partial charge in [0, 0.05) is 0 Å². The molecule has 2 aliphatic rings. The first-order chi connectivity index (χ1) is 25.5. The molecule has 0 saturated carbocycles. The van der Waals surface area contributed by atoms with Crippen molar-refractivity contribution in [3.63, 3.8) is 0 Å². The smallest absolute Gasteiger partial charge is 1.00 e. The average Bonchev–Trinajstić information content (AvgIpc) is 3.85. The third-order valence-corrected chi connectivity index (χ3v) is 19.4. The molecule has 0 aliphatic heterocycles. The van der Waals surface area contributed by atoms with E-state index in [1.165, 1.54) is 50.1 Å². The minimum absolute atomic E-state index is 0. The summed E-state index contributed by atoms with van der Waals surface area (Å²) in [4.78, 5) is 0. The molecule has 0 N–H and O–H groups in total. The Morgan fingerprint density at radius 1 is 0.648 bits per heavy atom. The summed E-state index contributed by atoms with van der Waals surface area (Å²) in [6.45, 7) is 7.21. The monoisotopic (exact) mass is 820 g/mol. The molecule has 0 aromatic heterocycles. The van der Waals surface area contributed by atoms with Crippen molar-refractivity contribution in [2.75, 3.05) is 0 Å². The quantitative estimate of drug-likeness (QED) is 0.151. The Kier molecular flexibility index (Phi) is 13.4. The maximum absolute atomic E-state index is 2.71. The second-order valence-corrected chi connectivity index (χ2v) is 21.4. The minimum Gasteiger partial charge on any atom is -1.00 e. The summed E-state index contributed by atoms with van der Waals surface area (Å²) in [6, 6.07) is 54.8. The number of halogens is 2. The van der Waals surface area contributed by atoms with Crippen LogP contribution in [0.3, 0.4) is 0 Å². The summed E-state index contributed by atoms with van der Waals surface area (Å²) in [5, 5.41) is 0. The van der Waals surface area contributed by atoms with Gasteiger partial charge in [-0.3, -0.25) is 0 Å². The van der Waals surface area contributed by atoms with Crippen molar-refractivity contribution in [2.45, 2.75) is 58.8 Å². The molecule has 8 rings (SSSR count). The van der Waals surface area contributed by atoms with Gasteiger partial charge < -0.3 is 24.8 Å². The summed E-state index contributed by atoms with van der Waals surface area (Å²) in [7, 11) is 0. The maximum Gasteiger partial charge on any atom is -1.00 e. The molecular weight excluding hydrogens is 775 g/mol. The minimum atomic E-state index is -2.71. The van der Waals surface area contributed by atoms with Crippen LogP contribution in [0.2, 0.25) is 0 Å². The topological polar surface area (TPSA) is 0 Å². The molecule has 0 radical (unpaired) electrons. The van der Waals surface area contributed by atoms with Crippen LogP contribution in [0.15, 0.2) is 167 Å². The molecule has 2 atom stereocenters.